The zero-order chi connectivity index (χ0) is 17.8. The molecule has 5 nitrogen and oxygen atoms in total. The average molecular weight is 339 g/mol. The van der Waals surface area contributed by atoms with Gasteiger partial charge in [0, 0.05) is 23.2 Å². The maximum atomic E-state index is 13.0. The highest BCUT2D eigenvalue weighted by molar-refractivity contribution is 6.01. The summed E-state index contributed by atoms with van der Waals surface area (Å²) in [5.74, 6) is -0.375. The molecule has 0 aliphatic heterocycles. The van der Waals surface area contributed by atoms with Crippen LogP contribution in [0.5, 0.6) is 0 Å². The van der Waals surface area contributed by atoms with Gasteiger partial charge in [0.15, 0.2) is 0 Å². The molecule has 3 N–H and O–H groups in total. The number of hydrogen-bond donors (Lipinski definition) is 3. The number of fused-ring (bicyclic) bond motifs is 1. The van der Waals surface area contributed by atoms with Crippen molar-refractivity contribution in [3.63, 3.8) is 0 Å². The number of pyridine rings is 1. The molecule has 0 fully saturated rings. The number of aliphatic hydroxyl groups excluding tert-OH is 1. The van der Waals surface area contributed by atoms with E-state index in [9.17, 15) is 14.3 Å². The monoisotopic (exact) mass is 339 g/mol. The Balaban J connectivity index is 1.68. The molecular formula is C19H18FN3O2. The first-order valence-electron chi connectivity index (χ1n) is 7.88. The number of urea groups is 1. The molecule has 6 heteroatoms. The number of benzene rings is 2. The minimum atomic E-state index is -0.942. The van der Waals surface area contributed by atoms with Crippen LogP contribution in [0.4, 0.5) is 14.9 Å². The zero-order valence-corrected chi connectivity index (χ0v) is 13.6. The molecule has 0 spiro atoms. The molecule has 2 aromatic carbocycles. The number of amides is 2. The van der Waals surface area contributed by atoms with Crippen molar-refractivity contribution in [1.82, 2.24) is 10.3 Å². The predicted molar refractivity (Wildman–Crippen MR) is 94.7 cm³/mol. The first kappa shape index (κ1) is 16.9. The van der Waals surface area contributed by atoms with Crippen LogP contribution in [-0.2, 0) is 0 Å². The van der Waals surface area contributed by atoms with Gasteiger partial charge in [-0.15, -0.1) is 0 Å². The number of nitrogens with zero attached hydrogens (tertiary/aromatic N) is 1. The summed E-state index contributed by atoms with van der Waals surface area (Å²) in [5, 5.41) is 17.6. The topological polar surface area (TPSA) is 74.2 Å². The zero-order valence-electron chi connectivity index (χ0n) is 13.6. The summed E-state index contributed by atoms with van der Waals surface area (Å²) >= 11 is 0. The first-order chi connectivity index (χ1) is 12.0. The van der Waals surface area contributed by atoms with Crippen LogP contribution < -0.4 is 10.6 Å². The van der Waals surface area contributed by atoms with Crippen LogP contribution in [0.2, 0.25) is 0 Å². The van der Waals surface area contributed by atoms with Gasteiger partial charge in [0.25, 0.3) is 0 Å². The minimum Gasteiger partial charge on any atom is -0.386 e. The van der Waals surface area contributed by atoms with Crippen molar-refractivity contribution in [3.8, 4) is 0 Å². The van der Waals surface area contributed by atoms with Crippen LogP contribution in [0.25, 0.3) is 10.8 Å². The number of anilines is 1. The van der Waals surface area contributed by atoms with E-state index in [-0.39, 0.29) is 5.82 Å². The van der Waals surface area contributed by atoms with Crippen molar-refractivity contribution >= 4 is 22.5 Å². The van der Waals surface area contributed by atoms with E-state index in [1.807, 2.05) is 18.2 Å². The molecule has 0 aliphatic carbocycles. The lowest BCUT2D eigenvalue weighted by Gasteiger charge is -2.21. The number of carbonyl (C=O) groups is 1. The lowest BCUT2D eigenvalue weighted by Crippen LogP contribution is -2.39. The Bertz CT molecular complexity index is 878. The molecule has 0 saturated heterocycles. The third kappa shape index (κ3) is 3.92. The van der Waals surface area contributed by atoms with Gasteiger partial charge in [-0.1, -0.05) is 24.3 Å². The summed E-state index contributed by atoms with van der Waals surface area (Å²) in [6.07, 6.45) is 2.44. The van der Waals surface area contributed by atoms with Gasteiger partial charge in [-0.25, -0.2) is 9.18 Å². The molecule has 1 aromatic heterocycles. The van der Waals surface area contributed by atoms with Crippen LogP contribution in [0.1, 0.15) is 18.6 Å². The van der Waals surface area contributed by atoms with Crippen molar-refractivity contribution in [2.24, 2.45) is 0 Å². The van der Waals surface area contributed by atoms with Crippen molar-refractivity contribution in [2.45, 2.75) is 19.1 Å². The van der Waals surface area contributed by atoms with Crippen molar-refractivity contribution in [3.05, 3.63) is 72.3 Å². The van der Waals surface area contributed by atoms with Crippen LogP contribution in [0.15, 0.2) is 60.9 Å². The second-order valence-electron chi connectivity index (χ2n) is 5.79. The van der Waals surface area contributed by atoms with Gasteiger partial charge in [0.05, 0.1) is 17.8 Å². The number of nitrogens with one attached hydrogen (secondary N) is 2. The Hall–Kier alpha value is -2.99. The van der Waals surface area contributed by atoms with E-state index < -0.39 is 18.2 Å². The number of halogens is 1. The molecule has 3 aromatic rings. The number of aliphatic hydroxyl groups is 1. The minimum absolute atomic E-state index is 0.375. The lowest BCUT2D eigenvalue weighted by atomic mass is 10.0. The van der Waals surface area contributed by atoms with Gasteiger partial charge in [0.2, 0.25) is 0 Å². The third-order valence-electron chi connectivity index (χ3n) is 3.97. The molecule has 2 amide bonds. The Labute approximate surface area is 144 Å². The summed E-state index contributed by atoms with van der Waals surface area (Å²) in [6, 6.07) is 11.9. The maximum absolute atomic E-state index is 13.0. The van der Waals surface area contributed by atoms with E-state index in [4.69, 9.17) is 0 Å². The van der Waals surface area contributed by atoms with Gasteiger partial charge >= 0.3 is 6.03 Å². The molecule has 128 valence electrons. The molecule has 2 unspecified atom stereocenters. The molecule has 0 aliphatic rings. The number of rotatable bonds is 4. The molecule has 0 saturated carbocycles. The smallest absolute Gasteiger partial charge is 0.319 e. The van der Waals surface area contributed by atoms with E-state index in [1.165, 1.54) is 24.3 Å². The fourth-order valence-corrected chi connectivity index (χ4v) is 2.62. The molecule has 0 bridgehead atoms. The number of aromatic nitrogens is 1. The van der Waals surface area contributed by atoms with Crippen LogP contribution in [0.3, 0.4) is 0 Å². The Morgan fingerprint density at radius 1 is 1.16 bits per heavy atom. The van der Waals surface area contributed by atoms with E-state index in [1.54, 1.807) is 25.4 Å². The second kappa shape index (κ2) is 7.27. The van der Waals surface area contributed by atoms with Gasteiger partial charge < -0.3 is 15.7 Å². The van der Waals surface area contributed by atoms with Gasteiger partial charge in [-0.2, -0.15) is 0 Å². The molecule has 0 radical (unpaired) electrons. The molecule has 2 atom stereocenters. The van der Waals surface area contributed by atoms with Crippen LogP contribution in [0, 0.1) is 5.82 Å². The van der Waals surface area contributed by atoms with E-state index in [2.05, 4.69) is 15.6 Å². The maximum Gasteiger partial charge on any atom is 0.319 e. The van der Waals surface area contributed by atoms with Gasteiger partial charge in [0.1, 0.15) is 5.82 Å². The van der Waals surface area contributed by atoms with Crippen molar-refractivity contribution in [2.75, 3.05) is 5.32 Å². The van der Waals surface area contributed by atoms with Crippen molar-refractivity contribution < 1.29 is 14.3 Å². The summed E-state index contributed by atoms with van der Waals surface area (Å²) in [7, 11) is 0. The quantitative estimate of drug-likeness (QED) is 0.680. The molecule has 25 heavy (non-hydrogen) atoms. The Kier molecular flexibility index (Phi) is 4.90. The number of carbonyl (C=O) groups excluding carboxylic acids is 1. The molecule has 1 heterocycles. The lowest BCUT2D eigenvalue weighted by molar-refractivity contribution is 0.139. The van der Waals surface area contributed by atoms with Crippen LogP contribution >= 0.6 is 0 Å². The van der Waals surface area contributed by atoms with E-state index in [0.29, 0.717) is 11.3 Å². The second-order valence-corrected chi connectivity index (χ2v) is 5.79. The standard InChI is InChI=1S/C19H18FN3O2/c1-12(18(24)13-5-7-15(20)8-6-13)22-19(25)23-17-4-2-3-14-11-21-10-9-16(14)17/h2-12,18,24H,1H3,(H2,22,23,25). The van der Waals surface area contributed by atoms with E-state index >= 15 is 0 Å². The average Bonchev–Trinajstić information content (AvgIpc) is 2.62. The SMILES string of the molecule is CC(NC(=O)Nc1cccc2cnccc12)C(O)c1ccc(F)cc1. The summed E-state index contributed by atoms with van der Waals surface area (Å²) < 4.78 is 13.0. The van der Waals surface area contributed by atoms with Gasteiger partial charge in [-0.05, 0) is 36.8 Å². The normalized spacial score (nSPS) is 13.2. The fraction of sp³-hybridized carbons (Fsp3) is 0.158. The number of hydrogen-bond acceptors (Lipinski definition) is 3. The highest BCUT2D eigenvalue weighted by atomic mass is 19.1. The Morgan fingerprint density at radius 2 is 1.92 bits per heavy atom. The fourth-order valence-electron chi connectivity index (χ4n) is 2.62. The van der Waals surface area contributed by atoms with Crippen LogP contribution in [-0.4, -0.2) is 22.2 Å². The largest absolute Gasteiger partial charge is 0.386 e. The highest BCUT2D eigenvalue weighted by Crippen LogP contribution is 2.22. The summed E-state index contributed by atoms with van der Waals surface area (Å²) in [6.45, 7) is 1.68. The highest BCUT2D eigenvalue weighted by Gasteiger charge is 2.18. The summed E-state index contributed by atoms with van der Waals surface area (Å²) in [5.41, 5.74) is 1.19. The van der Waals surface area contributed by atoms with Gasteiger partial charge in [-0.3, -0.25) is 4.98 Å². The molecular weight excluding hydrogens is 321 g/mol. The predicted octanol–water partition coefficient (Wildman–Crippen LogP) is 3.62. The molecule has 3 rings (SSSR count). The van der Waals surface area contributed by atoms with E-state index in [0.717, 1.165) is 10.8 Å². The van der Waals surface area contributed by atoms with Crippen molar-refractivity contribution in [1.29, 1.82) is 0 Å². The Morgan fingerprint density at radius 3 is 2.68 bits per heavy atom. The first-order valence-corrected chi connectivity index (χ1v) is 7.88. The summed E-state index contributed by atoms with van der Waals surface area (Å²) in [4.78, 5) is 16.3. The third-order valence-corrected chi connectivity index (χ3v) is 3.97.